The molecule has 2 rings (SSSR count). The molecule has 0 unspecified atom stereocenters. The van der Waals surface area contributed by atoms with E-state index in [1.54, 1.807) is 19.1 Å². The third-order valence-electron chi connectivity index (χ3n) is 3.68. The lowest BCUT2D eigenvalue weighted by Gasteiger charge is -2.07. The van der Waals surface area contributed by atoms with E-state index in [-0.39, 0.29) is 12.2 Å². The van der Waals surface area contributed by atoms with Gasteiger partial charge in [0.05, 0.1) is 19.1 Å². The summed E-state index contributed by atoms with van der Waals surface area (Å²) in [4.78, 5) is 36.6. The van der Waals surface area contributed by atoms with Crippen LogP contribution < -0.4 is 5.32 Å². The fraction of sp³-hybridized carbons (Fsp3) is 0.278. The van der Waals surface area contributed by atoms with Crippen LogP contribution in [0.2, 0.25) is 0 Å². The van der Waals surface area contributed by atoms with E-state index in [1.807, 2.05) is 6.92 Å². The Labute approximate surface area is 154 Å². The van der Waals surface area contributed by atoms with Crippen LogP contribution in [0, 0.1) is 13.8 Å². The van der Waals surface area contributed by atoms with Crippen LogP contribution in [0.5, 0.6) is 5.75 Å². The lowest BCUT2D eigenvalue weighted by molar-refractivity contribution is -0.146. The van der Waals surface area contributed by atoms with Crippen LogP contribution in [-0.2, 0) is 25.5 Å². The maximum atomic E-state index is 12.0. The lowest BCUT2D eigenvalue weighted by Crippen LogP contribution is -2.22. The summed E-state index contributed by atoms with van der Waals surface area (Å²) >= 11 is 1.25. The number of hydrogen-bond acceptors (Lipinski definition) is 7. The highest BCUT2D eigenvalue weighted by atomic mass is 32.1. The van der Waals surface area contributed by atoms with E-state index in [0.29, 0.717) is 16.1 Å². The molecule has 138 valence electrons. The van der Waals surface area contributed by atoms with Gasteiger partial charge >= 0.3 is 11.9 Å². The summed E-state index contributed by atoms with van der Waals surface area (Å²) in [7, 11) is 1.27. The first-order valence-electron chi connectivity index (χ1n) is 7.73. The average molecular weight is 377 g/mol. The van der Waals surface area contributed by atoms with E-state index in [9.17, 15) is 19.5 Å². The maximum absolute atomic E-state index is 12.0. The molecule has 26 heavy (non-hydrogen) atoms. The third kappa shape index (κ3) is 4.82. The largest absolute Gasteiger partial charge is 0.508 e. The highest BCUT2D eigenvalue weighted by Gasteiger charge is 2.22. The number of nitrogens with one attached hydrogen (secondary N) is 1. The number of rotatable bonds is 6. The van der Waals surface area contributed by atoms with Crippen molar-refractivity contribution in [3.8, 4) is 5.75 Å². The van der Waals surface area contributed by atoms with Crippen LogP contribution in [-0.4, -0.2) is 36.7 Å². The summed E-state index contributed by atoms with van der Waals surface area (Å²) in [6, 6.07) is 6.11. The summed E-state index contributed by atoms with van der Waals surface area (Å²) in [5.41, 5.74) is 1.70. The van der Waals surface area contributed by atoms with Crippen LogP contribution >= 0.6 is 11.3 Å². The first-order chi connectivity index (χ1) is 12.3. The van der Waals surface area contributed by atoms with E-state index in [4.69, 9.17) is 9.47 Å². The Bertz CT molecular complexity index is 825. The Morgan fingerprint density at radius 3 is 2.42 bits per heavy atom. The molecule has 0 atom stereocenters. The summed E-state index contributed by atoms with van der Waals surface area (Å²) in [6.45, 7) is 3.14. The van der Waals surface area contributed by atoms with Crippen LogP contribution in [0.1, 0.15) is 26.4 Å². The Balaban J connectivity index is 1.93. The van der Waals surface area contributed by atoms with Crippen LogP contribution in [0.25, 0.3) is 0 Å². The van der Waals surface area contributed by atoms with Gasteiger partial charge in [0.1, 0.15) is 10.8 Å². The number of phenolic OH excluding ortho intramolecular Hbond substituents is 1. The highest BCUT2D eigenvalue weighted by Crippen LogP contribution is 2.32. The number of thiophene rings is 1. The van der Waals surface area contributed by atoms with Crippen molar-refractivity contribution in [3.63, 3.8) is 0 Å². The number of aromatic hydroxyl groups is 1. The predicted octanol–water partition coefficient (Wildman–Crippen LogP) is 2.58. The Kier molecular flexibility index (Phi) is 6.35. The van der Waals surface area contributed by atoms with Gasteiger partial charge in [0.15, 0.2) is 6.61 Å². The molecule has 0 aliphatic heterocycles. The quantitative estimate of drug-likeness (QED) is 0.750. The summed E-state index contributed by atoms with van der Waals surface area (Å²) in [6.07, 6.45) is -0.0157. The van der Waals surface area contributed by atoms with Gasteiger partial charge in [-0.25, -0.2) is 4.79 Å². The number of anilines is 1. The summed E-state index contributed by atoms with van der Waals surface area (Å²) in [5.74, 6) is -1.55. The monoisotopic (exact) mass is 377 g/mol. The third-order valence-corrected chi connectivity index (χ3v) is 4.80. The number of esters is 2. The van der Waals surface area contributed by atoms with Crippen molar-refractivity contribution in [2.45, 2.75) is 20.3 Å². The van der Waals surface area contributed by atoms with Crippen LogP contribution in [0.3, 0.4) is 0 Å². The van der Waals surface area contributed by atoms with Gasteiger partial charge in [-0.15, -0.1) is 11.3 Å². The van der Waals surface area contributed by atoms with Crippen molar-refractivity contribution in [3.05, 3.63) is 45.8 Å². The molecule has 8 heteroatoms. The van der Waals surface area contributed by atoms with Gasteiger partial charge < -0.3 is 19.9 Å². The zero-order chi connectivity index (χ0) is 19.3. The molecule has 0 saturated carbocycles. The number of aryl methyl sites for hydroxylation is 1. The van der Waals surface area contributed by atoms with Crippen molar-refractivity contribution in [1.82, 2.24) is 0 Å². The molecule has 0 saturated heterocycles. The number of carbonyl (C=O) groups is 3. The van der Waals surface area contributed by atoms with Gasteiger partial charge in [0.25, 0.3) is 5.91 Å². The van der Waals surface area contributed by atoms with Gasteiger partial charge in [0.2, 0.25) is 0 Å². The topological polar surface area (TPSA) is 102 Å². The lowest BCUT2D eigenvalue weighted by atomic mass is 10.1. The van der Waals surface area contributed by atoms with Crippen molar-refractivity contribution >= 4 is 34.2 Å². The molecule has 0 spiro atoms. The zero-order valence-electron chi connectivity index (χ0n) is 14.6. The van der Waals surface area contributed by atoms with E-state index < -0.39 is 24.5 Å². The van der Waals surface area contributed by atoms with E-state index >= 15 is 0 Å². The fourth-order valence-electron chi connectivity index (χ4n) is 2.20. The summed E-state index contributed by atoms with van der Waals surface area (Å²) in [5, 5.41) is 12.2. The number of benzene rings is 1. The Morgan fingerprint density at radius 1 is 1.15 bits per heavy atom. The van der Waals surface area contributed by atoms with E-state index in [2.05, 4.69) is 5.32 Å². The Hall–Kier alpha value is -2.87. The first kappa shape index (κ1) is 19.5. The highest BCUT2D eigenvalue weighted by molar-refractivity contribution is 7.16. The molecular formula is C18H19NO6S. The average Bonchev–Trinajstić information content (AvgIpc) is 2.88. The number of carbonyl (C=O) groups excluding carboxylic acids is 3. The molecule has 0 fully saturated rings. The normalized spacial score (nSPS) is 10.3. The van der Waals surface area contributed by atoms with Crippen LogP contribution in [0.4, 0.5) is 5.00 Å². The number of ether oxygens (including phenoxy) is 2. The van der Waals surface area contributed by atoms with Crippen molar-refractivity contribution in [2.75, 3.05) is 19.0 Å². The second-order valence-electron chi connectivity index (χ2n) is 5.53. The molecule has 2 N–H and O–H groups in total. The van der Waals surface area contributed by atoms with E-state index in [0.717, 1.165) is 10.4 Å². The first-order valence-corrected chi connectivity index (χ1v) is 8.55. The molecule has 1 aromatic carbocycles. The number of phenols is 1. The van der Waals surface area contributed by atoms with Crippen molar-refractivity contribution in [2.24, 2.45) is 0 Å². The zero-order valence-corrected chi connectivity index (χ0v) is 15.4. The van der Waals surface area contributed by atoms with Crippen molar-refractivity contribution < 1.29 is 29.0 Å². The molecule has 1 aromatic heterocycles. The molecule has 1 amide bonds. The minimum absolute atomic E-state index is 0.0157. The molecule has 0 aliphatic carbocycles. The van der Waals surface area contributed by atoms with E-state index in [1.165, 1.54) is 30.6 Å². The predicted molar refractivity (Wildman–Crippen MR) is 96.5 cm³/mol. The van der Waals surface area contributed by atoms with Crippen molar-refractivity contribution in [1.29, 1.82) is 0 Å². The SMILES string of the molecule is COC(=O)c1c(NC(=O)COC(=O)Cc2ccc(O)cc2)sc(C)c1C. The molecular weight excluding hydrogens is 358 g/mol. The maximum Gasteiger partial charge on any atom is 0.341 e. The fourth-order valence-corrected chi connectivity index (χ4v) is 3.27. The molecule has 2 aromatic rings. The second kappa shape index (κ2) is 8.48. The van der Waals surface area contributed by atoms with Gasteiger partial charge in [-0.2, -0.15) is 0 Å². The standard InChI is InChI=1S/C18H19NO6S/c1-10-11(2)26-17(16(10)18(23)24-3)19-14(21)9-25-15(22)8-12-4-6-13(20)7-5-12/h4-7,20H,8-9H2,1-3H3,(H,19,21). The van der Waals surface area contributed by atoms with Gasteiger partial charge in [-0.1, -0.05) is 12.1 Å². The summed E-state index contributed by atoms with van der Waals surface area (Å²) < 4.78 is 9.69. The number of amides is 1. The van der Waals surface area contributed by atoms with Gasteiger partial charge in [-0.05, 0) is 37.1 Å². The Morgan fingerprint density at radius 2 is 1.81 bits per heavy atom. The van der Waals surface area contributed by atoms with Gasteiger partial charge in [0, 0.05) is 4.88 Å². The molecule has 0 aliphatic rings. The number of methoxy groups -OCH3 is 1. The molecule has 0 bridgehead atoms. The van der Waals surface area contributed by atoms with Gasteiger partial charge in [-0.3, -0.25) is 9.59 Å². The smallest absolute Gasteiger partial charge is 0.341 e. The molecule has 1 heterocycles. The second-order valence-corrected chi connectivity index (χ2v) is 6.76. The minimum atomic E-state index is -0.572. The molecule has 7 nitrogen and oxygen atoms in total. The number of hydrogen-bond donors (Lipinski definition) is 2. The van der Waals surface area contributed by atoms with Crippen LogP contribution in [0.15, 0.2) is 24.3 Å². The molecule has 0 radical (unpaired) electrons. The minimum Gasteiger partial charge on any atom is -0.508 e.